The minimum absolute atomic E-state index is 0.152. The highest BCUT2D eigenvalue weighted by atomic mass is 16.5. The summed E-state index contributed by atoms with van der Waals surface area (Å²) in [7, 11) is 0. The van der Waals surface area contributed by atoms with Gasteiger partial charge in [0.15, 0.2) is 0 Å². The van der Waals surface area contributed by atoms with Crippen LogP contribution < -0.4 is 10.5 Å². The van der Waals surface area contributed by atoms with E-state index in [1.165, 1.54) is 31.2 Å². The van der Waals surface area contributed by atoms with Gasteiger partial charge in [0, 0.05) is 6.04 Å². The molecule has 2 N–H and O–H groups in total. The molecule has 2 heteroatoms. The molecule has 17 heavy (non-hydrogen) atoms. The van der Waals surface area contributed by atoms with E-state index >= 15 is 0 Å². The fraction of sp³-hybridized carbons (Fsp3) is 0.600. The Morgan fingerprint density at radius 2 is 2.00 bits per heavy atom. The van der Waals surface area contributed by atoms with Gasteiger partial charge in [0.05, 0.1) is 6.61 Å². The molecule has 0 aliphatic heterocycles. The molecule has 1 aliphatic rings. The van der Waals surface area contributed by atoms with Crippen LogP contribution in [0.2, 0.25) is 0 Å². The Balaban J connectivity index is 1.76. The van der Waals surface area contributed by atoms with Crippen LogP contribution in [0.3, 0.4) is 0 Å². The van der Waals surface area contributed by atoms with Crippen molar-refractivity contribution in [1.29, 1.82) is 0 Å². The summed E-state index contributed by atoms with van der Waals surface area (Å²) in [5, 5.41) is 0. The topological polar surface area (TPSA) is 35.2 Å². The average Bonchev–Trinajstić information content (AvgIpc) is 2.32. The highest BCUT2D eigenvalue weighted by Crippen LogP contribution is 2.29. The SMILES string of the molecule is CC[C@H](N)c1ccc(OCCC2CCC2)cc1. The zero-order chi connectivity index (χ0) is 12.1. The van der Waals surface area contributed by atoms with Crippen LogP contribution in [0.15, 0.2) is 24.3 Å². The van der Waals surface area contributed by atoms with E-state index in [1.807, 2.05) is 12.1 Å². The van der Waals surface area contributed by atoms with Crippen molar-refractivity contribution in [2.45, 2.75) is 45.1 Å². The van der Waals surface area contributed by atoms with Gasteiger partial charge in [-0.15, -0.1) is 0 Å². The maximum Gasteiger partial charge on any atom is 0.119 e. The highest BCUT2D eigenvalue weighted by Gasteiger charge is 2.16. The van der Waals surface area contributed by atoms with Crippen LogP contribution in [0.5, 0.6) is 5.75 Å². The molecule has 1 aromatic rings. The first-order valence-electron chi connectivity index (χ1n) is 6.78. The summed E-state index contributed by atoms with van der Waals surface area (Å²) in [4.78, 5) is 0. The summed E-state index contributed by atoms with van der Waals surface area (Å²) in [5.74, 6) is 1.89. The van der Waals surface area contributed by atoms with Gasteiger partial charge in [0.2, 0.25) is 0 Å². The van der Waals surface area contributed by atoms with Crippen LogP contribution in [-0.2, 0) is 0 Å². The second-order valence-electron chi connectivity index (χ2n) is 5.02. The summed E-state index contributed by atoms with van der Waals surface area (Å²) < 4.78 is 5.74. The Morgan fingerprint density at radius 1 is 1.29 bits per heavy atom. The van der Waals surface area contributed by atoms with E-state index in [9.17, 15) is 0 Å². The van der Waals surface area contributed by atoms with Gasteiger partial charge in [-0.1, -0.05) is 38.3 Å². The molecule has 1 atom stereocenters. The summed E-state index contributed by atoms with van der Waals surface area (Å²) in [5.41, 5.74) is 7.16. The first kappa shape index (κ1) is 12.4. The molecule has 1 aromatic carbocycles. The number of ether oxygens (including phenoxy) is 1. The van der Waals surface area contributed by atoms with E-state index in [2.05, 4.69) is 19.1 Å². The first-order valence-corrected chi connectivity index (χ1v) is 6.78. The van der Waals surface area contributed by atoms with Crippen molar-refractivity contribution < 1.29 is 4.74 Å². The third-order valence-corrected chi connectivity index (χ3v) is 3.77. The predicted octanol–water partition coefficient (Wildman–Crippen LogP) is 3.67. The Hall–Kier alpha value is -1.02. The fourth-order valence-corrected chi connectivity index (χ4v) is 2.17. The Morgan fingerprint density at radius 3 is 2.53 bits per heavy atom. The van der Waals surface area contributed by atoms with Gasteiger partial charge in [-0.3, -0.25) is 0 Å². The van der Waals surface area contributed by atoms with E-state index < -0.39 is 0 Å². The number of hydrogen-bond acceptors (Lipinski definition) is 2. The zero-order valence-corrected chi connectivity index (χ0v) is 10.7. The molecular formula is C15H23NO. The summed E-state index contributed by atoms with van der Waals surface area (Å²) in [6, 6.07) is 8.37. The van der Waals surface area contributed by atoms with Crippen LogP contribution >= 0.6 is 0 Å². The minimum Gasteiger partial charge on any atom is -0.494 e. The van der Waals surface area contributed by atoms with Gasteiger partial charge in [0.25, 0.3) is 0 Å². The Bertz CT molecular complexity index is 329. The van der Waals surface area contributed by atoms with Crippen molar-refractivity contribution in [2.75, 3.05) is 6.61 Å². The monoisotopic (exact) mass is 233 g/mol. The number of rotatable bonds is 6. The highest BCUT2D eigenvalue weighted by molar-refractivity contribution is 5.28. The maximum atomic E-state index is 5.97. The molecule has 2 rings (SSSR count). The molecule has 0 saturated heterocycles. The molecule has 0 aromatic heterocycles. The molecule has 0 bridgehead atoms. The van der Waals surface area contributed by atoms with E-state index in [-0.39, 0.29) is 6.04 Å². The normalized spacial score (nSPS) is 17.5. The Labute approximate surface area is 104 Å². The zero-order valence-electron chi connectivity index (χ0n) is 10.7. The molecule has 0 unspecified atom stereocenters. The van der Waals surface area contributed by atoms with Crippen LogP contribution in [0, 0.1) is 5.92 Å². The number of hydrogen-bond donors (Lipinski definition) is 1. The molecular weight excluding hydrogens is 210 g/mol. The predicted molar refractivity (Wildman–Crippen MR) is 71.1 cm³/mol. The van der Waals surface area contributed by atoms with Gasteiger partial charge in [-0.25, -0.2) is 0 Å². The summed E-state index contributed by atoms with van der Waals surface area (Å²) >= 11 is 0. The van der Waals surface area contributed by atoms with Crippen molar-refractivity contribution in [2.24, 2.45) is 11.7 Å². The molecule has 1 saturated carbocycles. The first-order chi connectivity index (χ1) is 8.29. The van der Waals surface area contributed by atoms with Crippen LogP contribution in [0.25, 0.3) is 0 Å². The number of benzene rings is 1. The molecule has 0 spiro atoms. The fourth-order valence-electron chi connectivity index (χ4n) is 2.17. The lowest BCUT2D eigenvalue weighted by Crippen LogP contribution is -2.14. The quantitative estimate of drug-likeness (QED) is 0.813. The third kappa shape index (κ3) is 3.47. The van der Waals surface area contributed by atoms with Crippen LogP contribution in [0.4, 0.5) is 0 Å². The maximum absolute atomic E-state index is 5.97. The van der Waals surface area contributed by atoms with Gasteiger partial charge in [-0.2, -0.15) is 0 Å². The van der Waals surface area contributed by atoms with E-state index in [4.69, 9.17) is 10.5 Å². The molecule has 94 valence electrons. The van der Waals surface area contributed by atoms with Gasteiger partial charge < -0.3 is 10.5 Å². The summed E-state index contributed by atoms with van der Waals surface area (Å²) in [6.45, 7) is 2.96. The van der Waals surface area contributed by atoms with Crippen molar-refractivity contribution in [3.05, 3.63) is 29.8 Å². The minimum atomic E-state index is 0.152. The molecule has 0 radical (unpaired) electrons. The van der Waals surface area contributed by atoms with Crippen molar-refractivity contribution in [3.8, 4) is 5.75 Å². The van der Waals surface area contributed by atoms with Crippen LogP contribution in [-0.4, -0.2) is 6.61 Å². The lowest BCUT2D eigenvalue weighted by molar-refractivity contribution is 0.222. The molecule has 1 fully saturated rings. The van der Waals surface area contributed by atoms with Gasteiger partial charge >= 0.3 is 0 Å². The molecule has 0 amide bonds. The van der Waals surface area contributed by atoms with E-state index in [0.29, 0.717) is 0 Å². The second kappa shape index (κ2) is 6.06. The Kier molecular flexibility index (Phi) is 4.43. The van der Waals surface area contributed by atoms with Gasteiger partial charge in [0.1, 0.15) is 5.75 Å². The molecule has 2 nitrogen and oxygen atoms in total. The number of nitrogens with two attached hydrogens (primary N) is 1. The van der Waals surface area contributed by atoms with Crippen molar-refractivity contribution >= 4 is 0 Å². The average molecular weight is 233 g/mol. The lowest BCUT2D eigenvalue weighted by Gasteiger charge is -2.25. The standard InChI is InChI=1S/C15H23NO/c1-2-15(16)13-6-8-14(9-7-13)17-11-10-12-4-3-5-12/h6-9,12,15H,2-5,10-11,16H2,1H3/t15-/m0/s1. The van der Waals surface area contributed by atoms with Crippen LogP contribution in [0.1, 0.15) is 50.6 Å². The van der Waals surface area contributed by atoms with Gasteiger partial charge in [-0.05, 0) is 36.5 Å². The van der Waals surface area contributed by atoms with E-state index in [1.54, 1.807) is 0 Å². The molecule has 1 aliphatic carbocycles. The molecule has 0 heterocycles. The smallest absolute Gasteiger partial charge is 0.119 e. The largest absolute Gasteiger partial charge is 0.494 e. The third-order valence-electron chi connectivity index (χ3n) is 3.77. The lowest BCUT2D eigenvalue weighted by atomic mass is 9.83. The van der Waals surface area contributed by atoms with Crippen molar-refractivity contribution in [1.82, 2.24) is 0 Å². The van der Waals surface area contributed by atoms with E-state index in [0.717, 1.165) is 24.7 Å². The summed E-state index contributed by atoms with van der Waals surface area (Å²) in [6.07, 6.45) is 6.38. The second-order valence-corrected chi connectivity index (χ2v) is 5.02. The van der Waals surface area contributed by atoms with Crippen molar-refractivity contribution in [3.63, 3.8) is 0 Å².